The summed E-state index contributed by atoms with van der Waals surface area (Å²) in [6.45, 7) is 3.56. The third-order valence-corrected chi connectivity index (χ3v) is 1.40. The summed E-state index contributed by atoms with van der Waals surface area (Å²) in [6, 6.07) is 0. The number of aliphatic hydroxyl groups is 2. The molecule has 2 N–H and O–H groups in total. The molecule has 0 aromatic heterocycles. The van der Waals surface area contributed by atoms with E-state index in [1.54, 1.807) is 0 Å². The Hall–Kier alpha value is 0.179. The van der Waals surface area contributed by atoms with E-state index >= 15 is 0 Å². The fourth-order valence-electron chi connectivity index (χ4n) is 0.788. The van der Waals surface area contributed by atoms with Crippen molar-refractivity contribution in [3.8, 4) is 0 Å². The van der Waals surface area contributed by atoms with E-state index in [-0.39, 0.29) is 25.2 Å². The Morgan fingerprint density at radius 3 is 2.25 bits per heavy atom. The third-order valence-electron chi connectivity index (χ3n) is 1.40. The maximum Gasteiger partial charge on any atom is 2.00 e. The number of hydrogen-bond donors (Lipinski definition) is 2. The molecule has 0 fully saturated rings. The van der Waals surface area contributed by atoms with E-state index in [0.717, 1.165) is 5.57 Å². The molecule has 0 aromatic rings. The fraction of sp³-hybridized carbons (Fsp3) is 0.500. The first kappa shape index (κ1) is 14.7. The first-order valence-corrected chi connectivity index (χ1v) is 3.48. The topological polar surface area (TPSA) is 40.5 Å². The smallest absolute Gasteiger partial charge is 0.428 e. The van der Waals surface area contributed by atoms with E-state index in [4.69, 9.17) is 13.0 Å². The molecule has 3 radical (unpaired) electrons. The van der Waals surface area contributed by atoms with Gasteiger partial charge in [0.05, 0.1) is 0 Å². The van der Waals surface area contributed by atoms with E-state index in [0.29, 0.717) is 5.57 Å². The van der Waals surface area contributed by atoms with Gasteiger partial charge in [-0.2, -0.15) is 0 Å². The van der Waals surface area contributed by atoms with E-state index in [1.165, 1.54) is 12.7 Å². The summed E-state index contributed by atoms with van der Waals surface area (Å²) in [7, 11) is 5.26. The molecule has 2 nitrogen and oxygen atoms in total. The van der Waals surface area contributed by atoms with Gasteiger partial charge in [0.1, 0.15) is 0 Å². The van der Waals surface area contributed by atoms with Crippen LogP contribution in [0.5, 0.6) is 0 Å². The van der Waals surface area contributed by atoms with Gasteiger partial charge in [-0.3, -0.25) is 12.7 Å². The molecule has 1 unspecified atom stereocenters. The molecule has 0 bridgehead atoms. The average molecular weight is 203 g/mol. The van der Waals surface area contributed by atoms with Gasteiger partial charge < -0.3 is 10.2 Å². The molecule has 65 valence electrons. The minimum Gasteiger partial charge on any atom is -0.428 e. The van der Waals surface area contributed by atoms with Crippen molar-refractivity contribution in [2.45, 2.75) is 20.0 Å². The fourth-order valence-corrected chi connectivity index (χ4v) is 0.788. The van der Waals surface area contributed by atoms with Gasteiger partial charge in [0.2, 0.25) is 0 Å². The summed E-state index contributed by atoms with van der Waals surface area (Å²) in [4.78, 5) is 0. The first-order valence-electron chi connectivity index (χ1n) is 3.48. The molecular formula is C8H13BO2V. The second-order valence-electron chi connectivity index (χ2n) is 2.49. The second-order valence-corrected chi connectivity index (χ2v) is 2.49. The van der Waals surface area contributed by atoms with Gasteiger partial charge in [-0.05, 0) is 7.85 Å². The van der Waals surface area contributed by atoms with Crippen LogP contribution >= 0.6 is 0 Å². The van der Waals surface area contributed by atoms with Gasteiger partial charge in [-0.25, -0.2) is 11.1 Å². The van der Waals surface area contributed by atoms with Gasteiger partial charge in [-0.1, -0.05) is 12.7 Å². The van der Waals surface area contributed by atoms with Crippen LogP contribution in [0.1, 0.15) is 13.8 Å². The van der Waals surface area contributed by atoms with Crippen molar-refractivity contribution in [3.63, 3.8) is 0 Å². The molecule has 0 spiro atoms. The molecule has 0 saturated heterocycles. The van der Waals surface area contributed by atoms with Crippen molar-refractivity contribution in [2.75, 3.05) is 6.61 Å². The average Bonchev–Trinajstić information content (AvgIpc) is 1.88. The molecule has 0 heterocycles. The summed E-state index contributed by atoms with van der Waals surface area (Å²) < 4.78 is 0. The van der Waals surface area contributed by atoms with Crippen molar-refractivity contribution in [1.29, 1.82) is 0 Å². The maximum absolute atomic E-state index is 9.29. The number of hydrogen-bond acceptors (Lipinski definition) is 2. The van der Waals surface area contributed by atoms with Crippen LogP contribution in [0.2, 0.25) is 0 Å². The Bertz CT molecular complexity index is 144. The summed E-state index contributed by atoms with van der Waals surface area (Å²) in [5, 5.41) is 17.8. The third kappa shape index (κ3) is 4.94. The molecule has 1 atom stereocenters. The Morgan fingerprint density at radius 2 is 2.00 bits per heavy atom. The summed E-state index contributed by atoms with van der Waals surface area (Å²) in [5.41, 5.74) is 1.60. The Kier molecular flexibility index (Phi) is 9.56. The zero-order valence-corrected chi connectivity index (χ0v) is 8.75. The molecule has 4 heteroatoms. The Morgan fingerprint density at radius 1 is 1.50 bits per heavy atom. The van der Waals surface area contributed by atoms with Gasteiger partial charge in [0.15, 0.2) is 0 Å². The monoisotopic (exact) mass is 203 g/mol. The summed E-state index contributed by atoms with van der Waals surface area (Å²) in [6.07, 6.45) is 1.98. The van der Waals surface area contributed by atoms with Gasteiger partial charge in [-0.15, -0.1) is 13.8 Å². The minimum absolute atomic E-state index is 0. The predicted octanol–water partition coefficient (Wildman–Crippen LogP) is 0.208. The SMILES string of the molecule is [B][CH-]C(=C(C)C)C(O)[CH-]CO.[V+2]. The molecule has 0 rings (SSSR count). The van der Waals surface area contributed by atoms with E-state index in [1.807, 2.05) is 13.8 Å². The van der Waals surface area contributed by atoms with Crippen molar-refractivity contribution in [1.82, 2.24) is 0 Å². The van der Waals surface area contributed by atoms with Crippen molar-refractivity contribution < 1.29 is 28.8 Å². The second kappa shape index (κ2) is 7.81. The van der Waals surface area contributed by atoms with Crippen LogP contribution in [0.4, 0.5) is 0 Å². The number of aliphatic hydroxyl groups excluding tert-OH is 2. The standard InChI is InChI=1S/C8H13BO2.V/c1-6(2)7(5-9)8(11)3-4-10;/h3,5,8,10-11H,4H2,1-2H3;/q-2;+2. The van der Waals surface area contributed by atoms with Crippen LogP contribution in [-0.2, 0) is 18.6 Å². The molecule has 0 saturated carbocycles. The Balaban J connectivity index is 0. The largest absolute Gasteiger partial charge is 2.00 e. The van der Waals surface area contributed by atoms with Crippen LogP contribution in [0.25, 0.3) is 0 Å². The number of rotatable bonds is 4. The molecule has 0 aliphatic heterocycles. The molecule has 0 aliphatic rings. The molecule has 0 aliphatic carbocycles. The van der Waals surface area contributed by atoms with Crippen molar-refractivity contribution >= 4 is 7.85 Å². The van der Waals surface area contributed by atoms with Crippen LogP contribution in [0.15, 0.2) is 11.1 Å². The van der Waals surface area contributed by atoms with E-state index < -0.39 is 6.10 Å². The molecular weight excluding hydrogens is 190 g/mol. The molecule has 0 aromatic carbocycles. The van der Waals surface area contributed by atoms with Gasteiger partial charge >= 0.3 is 18.6 Å². The predicted molar refractivity (Wildman–Crippen MR) is 45.8 cm³/mol. The van der Waals surface area contributed by atoms with Crippen LogP contribution in [-0.4, -0.2) is 30.8 Å². The van der Waals surface area contributed by atoms with Crippen LogP contribution in [0, 0.1) is 12.7 Å². The normalized spacial score (nSPS) is 11.3. The van der Waals surface area contributed by atoms with E-state index in [9.17, 15) is 5.11 Å². The van der Waals surface area contributed by atoms with E-state index in [2.05, 4.69) is 0 Å². The zero-order chi connectivity index (χ0) is 8.85. The quantitative estimate of drug-likeness (QED) is 0.506. The first-order chi connectivity index (χ1) is 5.13. The van der Waals surface area contributed by atoms with Crippen LogP contribution < -0.4 is 0 Å². The summed E-state index contributed by atoms with van der Waals surface area (Å²) in [5.74, 6) is 0. The molecule has 0 amide bonds. The van der Waals surface area contributed by atoms with Gasteiger partial charge in [0, 0.05) is 0 Å². The zero-order valence-electron chi connectivity index (χ0n) is 7.36. The summed E-state index contributed by atoms with van der Waals surface area (Å²) >= 11 is 0. The van der Waals surface area contributed by atoms with Gasteiger partial charge in [0.25, 0.3) is 0 Å². The van der Waals surface area contributed by atoms with Crippen molar-refractivity contribution in [2.24, 2.45) is 0 Å². The number of allylic oxidation sites excluding steroid dienone is 1. The molecule has 12 heavy (non-hydrogen) atoms. The van der Waals surface area contributed by atoms with Crippen LogP contribution in [0.3, 0.4) is 0 Å². The maximum atomic E-state index is 9.29. The Labute approximate surface area is 87.4 Å². The van der Waals surface area contributed by atoms with Crippen molar-refractivity contribution in [3.05, 3.63) is 23.9 Å². The minimum atomic E-state index is -0.755.